The minimum Gasteiger partial charge on any atom is -0.491 e. The van der Waals surface area contributed by atoms with Crippen molar-refractivity contribution in [3.8, 4) is 5.75 Å². The van der Waals surface area contributed by atoms with Gasteiger partial charge in [0.25, 0.3) is 0 Å². The standard InChI is InChI=1S/C8H6BF5.C7H3F5O/c1-9(2)3-4(10)6(12)8(14)7(13)5(3)11;1-13-7-5(11)3(9)2(8)4(10)6(7)12/h1-2H3;1H3. The molecule has 2 aromatic carbocycles. The fraction of sp³-hybridized carbons (Fsp3) is 0.200. The van der Waals surface area contributed by atoms with Crippen molar-refractivity contribution in [2.45, 2.75) is 13.6 Å². The molecule has 0 aliphatic carbocycles. The first-order valence-corrected chi connectivity index (χ1v) is 6.95. The summed E-state index contributed by atoms with van der Waals surface area (Å²) in [5.74, 6) is -20.9. The van der Waals surface area contributed by atoms with Crippen LogP contribution in [0.4, 0.5) is 43.9 Å². The van der Waals surface area contributed by atoms with Gasteiger partial charge >= 0.3 is 0 Å². The van der Waals surface area contributed by atoms with Crippen LogP contribution in [-0.4, -0.2) is 13.8 Å². The van der Waals surface area contributed by atoms with E-state index in [1.807, 2.05) is 0 Å². The lowest BCUT2D eigenvalue weighted by Gasteiger charge is -2.08. The highest BCUT2D eigenvalue weighted by atomic mass is 19.2. The molecule has 0 aliphatic rings. The average Bonchev–Trinajstić information content (AvgIpc) is 2.62. The Hall–Kier alpha value is -2.40. The predicted molar refractivity (Wildman–Crippen MR) is 76.1 cm³/mol. The van der Waals surface area contributed by atoms with Crippen LogP contribution in [0.5, 0.6) is 5.75 Å². The van der Waals surface area contributed by atoms with E-state index < -0.39 is 76.1 Å². The van der Waals surface area contributed by atoms with Gasteiger partial charge in [-0.05, 0) is 5.46 Å². The second-order valence-electron chi connectivity index (χ2n) is 5.24. The number of hydrogen-bond acceptors (Lipinski definition) is 1. The van der Waals surface area contributed by atoms with Crippen LogP contribution in [0.3, 0.4) is 0 Å². The number of hydrogen-bond donors (Lipinski definition) is 0. The van der Waals surface area contributed by atoms with Crippen molar-refractivity contribution >= 4 is 12.2 Å². The van der Waals surface area contributed by atoms with Gasteiger partial charge in [-0.15, -0.1) is 0 Å². The lowest BCUT2D eigenvalue weighted by atomic mass is 9.49. The van der Waals surface area contributed by atoms with Gasteiger partial charge in [0.2, 0.25) is 29.1 Å². The Kier molecular flexibility index (Phi) is 7.15. The molecule has 12 heteroatoms. The molecule has 1 nitrogen and oxygen atoms in total. The molecule has 0 saturated heterocycles. The van der Waals surface area contributed by atoms with Gasteiger partial charge in [0.05, 0.1) is 7.11 Å². The van der Waals surface area contributed by atoms with Crippen molar-refractivity contribution < 1.29 is 48.6 Å². The maximum Gasteiger partial charge on any atom is 0.206 e. The SMILES string of the molecule is CB(C)c1c(F)c(F)c(F)c(F)c1F.COc1c(F)c(F)c(F)c(F)c1F. The fourth-order valence-electron chi connectivity index (χ4n) is 1.89. The predicted octanol–water partition coefficient (Wildman–Crippen LogP) is 4.73. The molecule has 0 unspecified atom stereocenters. The summed E-state index contributed by atoms with van der Waals surface area (Å²) in [6, 6.07) is 0. The first-order valence-electron chi connectivity index (χ1n) is 6.95. The largest absolute Gasteiger partial charge is 0.491 e. The third-order valence-corrected chi connectivity index (χ3v) is 3.19. The van der Waals surface area contributed by atoms with E-state index in [1.54, 1.807) is 0 Å². The Labute approximate surface area is 146 Å². The molecule has 148 valence electrons. The highest BCUT2D eigenvalue weighted by Crippen LogP contribution is 2.28. The molecular weight excluding hydrogens is 397 g/mol. The Morgan fingerprint density at radius 2 is 0.741 bits per heavy atom. The van der Waals surface area contributed by atoms with Crippen LogP contribution in [0.25, 0.3) is 0 Å². The zero-order valence-electron chi connectivity index (χ0n) is 13.8. The minimum absolute atomic E-state index is 0.764. The zero-order valence-corrected chi connectivity index (χ0v) is 13.8. The van der Waals surface area contributed by atoms with Gasteiger partial charge in [-0.2, -0.15) is 8.78 Å². The van der Waals surface area contributed by atoms with Crippen molar-refractivity contribution in [2.24, 2.45) is 0 Å². The first kappa shape index (κ1) is 22.6. The summed E-state index contributed by atoms with van der Waals surface area (Å²) >= 11 is 0. The fourth-order valence-corrected chi connectivity index (χ4v) is 1.89. The van der Waals surface area contributed by atoms with E-state index in [0.29, 0.717) is 0 Å². The van der Waals surface area contributed by atoms with Crippen LogP contribution < -0.4 is 10.2 Å². The summed E-state index contributed by atoms with van der Waals surface area (Å²) in [5.41, 5.74) is -0.776. The molecule has 0 spiro atoms. The van der Waals surface area contributed by atoms with Crippen molar-refractivity contribution in [1.29, 1.82) is 0 Å². The molecule has 0 fully saturated rings. The highest BCUT2D eigenvalue weighted by Gasteiger charge is 2.28. The summed E-state index contributed by atoms with van der Waals surface area (Å²) in [4.78, 5) is 0. The zero-order chi connectivity index (χ0) is 21.2. The van der Waals surface area contributed by atoms with E-state index in [4.69, 9.17) is 0 Å². The van der Waals surface area contributed by atoms with Crippen LogP contribution in [-0.2, 0) is 0 Å². The maximum absolute atomic E-state index is 12.9. The number of ether oxygens (including phenoxy) is 1. The van der Waals surface area contributed by atoms with Gasteiger partial charge in [0.15, 0.2) is 41.5 Å². The molecule has 0 aromatic heterocycles. The number of benzene rings is 2. The monoisotopic (exact) mass is 406 g/mol. The lowest BCUT2D eigenvalue weighted by molar-refractivity contribution is 0.310. The quantitative estimate of drug-likeness (QED) is 0.303. The molecule has 0 radical (unpaired) electrons. The van der Waals surface area contributed by atoms with Gasteiger partial charge in [0, 0.05) is 0 Å². The molecule has 0 heterocycles. The summed E-state index contributed by atoms with van der Waals surface area (Å²) in [6.07, 6.45) is 0. The van der Waals surface area contributed by atoms with Crippen LogP contribution in [0.2, 0.25) is 13.6 Å². The van der Waals surface area contributed by atoms with Gasteiger partial charge in [-0.3, -0.25) is 0 Å². The van der Waals surface area contributed by atoms with Gasteiger partial charge in [-0.25, -0.2) is 35.1 Å². The molecule has 0 saturated carbocycles. The molecule has 27 heavy (non-hydrogen) atoms. The first-order chi connectivity index (χ1) is 12.4. The Bertz CT molecular complexity index is 811. The summed E-state index contributed by atoms with van der Waals surface area (Å²) in [6.45, 7) is 1.93. The topological polar surface area (TPSA) is 9.23 Å². The Morgan fingerprint density at radius 3 is 1.00 bits per heavy atom. The van der Waals surface area contributed by atoms with Gasteiger partial charge in [0.1, 0.15) is 0 Å². The maximum atomic E-state index is 12.9. The molecule has 0 amide bonds. The Morgan fingerprint density at radius 1 is 0.481 bits per heavy atom. The van der Waals surface area contributed by atoms with E-state index in [0.717, 1.165) is 7.11 Å². The van der Waals surface area contributed by atoms with E-state index in [1.165, 1.54) is 13.6 Å². The summed E-state index contributed by atoms with van der Waals surface area (Å²) < 4.78 is 130. The molecule has 0 aliphatic heterocycles. The number of rotatable bonds is 2. The molecule has 2 rings (SSSR count). The van der Waals surface area contributed by atoms with Crippen LogP contribution >= 0.6 is 0 Å². The molecule has 2 aromatic rings. The van der Waals surface area contributed by atoms with E-state index >= 15 is 0 Å². The van der Waals surface area contributed by atoms with Gasteiger partial charge in [-0.1, -0.05) is 13.6 Å². The van der Waals surface area contributed by atoms with E-state index in [9.17, 15) is 43.9 Å². The number of methoxy groups -OCH3 is 1. The Balaban J connectivity index is 0.000000271. The van der Waals surface area contributed by atoms with Crippen molar-refractivity contribution in [3.05, 3.63) is 58.2 Å². The van der Waals surface area contributed by atoms with Crippen molar-refractivity contribution in [3.63, 3.8) is 0 Å². The second-order valence-corrected chi connectivity index (χ2v) is 5.24. The molecule has 0 N–H and O–H groups in total. The van der Waals surface area contributed by atoms with Crippen molar-refractivity contribution in [1.82, 2.24) is 0 Å². The minimum atomic E-state index is -2.20. The van der Waals surface area contributed by atoms with Crippen molar-refractivity contribution in [2.75, 3.05) is 7.11 Å². The summed E-state index contributed by atoms with van der Waals surface area (Å²) in [5, 5.41) is 0. The lowest BCUT2D eigenvalue weighted by Crippen LogP contribution is -2.33. The molecule has 0 atom stereocenters. The third kappa shape index (κ3) is 4.14. The van der Waals surface area contributed by atoms with Crippen LogP contribution in [0, 0.1) is 58.2 Å². The summed E-state index contributed by atoms with van der Waals surface area (Å²) in [7, 11) is 0.804. The third-order valence-electron chi connectivity index (χ3n) is 3.19. The number of halogens is 10. The van der Waals surface area contributed by atoms with E-state index in [2.05, 4.69) is 4.74 Å². The normalized spacial score (nSPS) is 10.4. The van der Waals surface area contributed by atoms with Crippen LogP contribution in [0.15, 0.2) is 0 Å². The smallest absolute Gasteiger partial charge is 0.206 e. The molecular formula is C15H9BF10O. The highest BCUT2D eigenvalue weighted by molar-refractivity contribution is 6.70. The second kappa shape index (κ2) is 8.53. The van der Waals surface area contributed by atoms with Crippen LogP contribution in [0.1, 0.15) is 0 Å². The van der Waals surface area contributed by atoms with Gasteiger partial charge < -0.3 is 4.74 Å². The average molecular weight is 406 g/mol. The molecule has 0 bridgehead atoms. The van der Waals surface area contributed by atoms with E-state index in [-0.39, 0.29) is 0 Å².